The number of ether oxygens (including phenoxy) is 1. The number of alkyl halides is 7. The van der Waals surface area contributed by atoms with E-state index < -0.39 is 36.5 Å². The van der Waals surface area contributed by atoms with Crippen molar-refractivity contribution in [2.24, 2.45) is 5.92 Å². The lowest BCUT2D eigenvalue weighted by atomic mass is 9.97. The Morgan fingerprint density at radius 1 is 1.09 bits per heavy atom. The molecule has 0 heterocycles. The van der Waals surface area contributed by atoms with Crippen LogP contribution in [0.3, 0.4) is 0 Å². The van der Waals surface area contributed by atoms with Crippen LogP contribution in [-0.2, 0) is 9.53 Å². The molecule has 0 aromatic heterocycles. The topological polar surface area (TPSA) is 26.3 Å². The molecule has 1 unspecified atom stereocenters. The molecule has 0 rings (SSSR count). The molecule has 0 amide bonds. The van der Waals surface area contributed by atoms with Crippen LogP contribution in [-0.4, -0.2) is 30.1 Å². The quantitative estimate of drug-likeness (QED) is 0.381. The number of halogens is 7. The normalized spacial score (nSPS) is 14.9. The number of esters is 1. The second-order valence-electron chi connectivity index (χ2n) is 5.42. The largest absolute Gasteiger partial charge is 0.459 e. The van der Waals surface area contributed by atoms with E-state index in [-0.39, 0.29) is 17.9 Å². The first-order valence-electron chi connectivity index (χ1n) is 6.30. The average Bonchev–Trinajstić information content (AvgIpc) is 2.24. The molecule has 9 heteroatoms. The lowest BCUT2D eigenvalue weighted by Crippen LogP contribution is -2.53. The fourth-order valence-electron chi connectivity index (χ4n) is 1.57. The first kappa shape index (κ1) is 20.7. The fraction of sp³-hybridized carbons (Fsp3) is 0.769. The molecular weight excluding hydrogens is 321 g/mol. The molecule has 0 spiro atoms. The summed E-state index contributed by atoms with van der Waals surface area (Å²) in [7, 11) is 0. The Hall–Kier alpha value is -1.28. The van der Waals surface area contributed by atoms with E-state index in [0.29, 0.717) is 0 Å². The first-order valence-corrected chi connectivity index (χ1v) is 6.30. The Morgan fingerprint density at radius 2 is 1.55 bits per heavy atom. The molecular formula is C13H17F7O2. The molecule has 0 aromatic rings. The summed E-state index contributed by atoms with van der Waals surface area (Å²) in [5, 5.41) is 0. The van der Waals surface area contributed by atoms with Crippen molar-refractivity contribution in [3.63, 3.8) is 0 Å². The minimum Gasteiger partial charge on any atom is -0.459 e. The van der Waals surface area contributed by atoms with Crippen LogP contribution in [0.15, 0.2) is 12.2 Å². The summed E-state index contributed by atoms with van der Waals surface area (Å²) >= 11 is 0. The molecule has 0 fully saturated rings. The van der Waals surface area contributed by atoms with Gasteiger partial charge in [-0.05, 0) is 19.3 Å². The van der Waals surface area contributed by atoms with Gasteiger partial charge in [-0.3, -0.25) is 0 Å². The maximum absolute atomic E-state index is 13.4. The standard InChI is InChI=1S/C13H17F7O2/c1-7(2)5-9(22-10(21)8(3)4)6-11(14,15)12(16,17)13(18,19)20/h7,9H,3,5-6H2,1-2,4H3. The highest BCUT2D eigenvalue weighted by Gasteiger charge is 2.73. The van der Waals surface area contributed by atoms with Crippen LogP contribution in [0.5, 0.6) is 0 Å². The summed E-state index contributed by atoms with van der Waals surface area (Å²) in [6, 6.07) is 0. The van der Waals surface area contributed by atoms with Crippen molar-refractivity contribution in [1.82, 2.24) is 0 Å². The van der Waals surface area contributed by atoms with Crippen molar-refractivity contribution < 1.29 is 40.3 Å². The summed E-state index contributed by atoms with van der Waals surface area (Å²) in [6.07, 6.45) is -10.4. The summed E-state index contributed by atoms with van der Waals surface area (Å²) in [6.45, 7) is 7.40. The van der Waals surface area contributed by atoms with Crippen LogP contribution in [0, 0.1) is 5.92 Å². The summed E-state index contributed by atoms with van der Waals surface area (Å²) in [5.41, 5.74) is -0.181. The average molecular weight is 338 g/mol. The predicted molar refractivity (Wildman–Crippen MR) is 64.7 cm³/mol. The molecule has 22 heavy (non-hydrogen) atoms. The van der Waals surface area contributed by atoms with Gasteiger partial charge in [0.1, 0.15) is 6.10 Å². The van der Waals surface area contributed by atoms with Crippen LogP contribution in [0.4, 0.5) is 30.7 Å². The Labute approximate surface area is 123 Å². The maximum atomic E-state index is 13.4. The highest BCUT2D eigenvalue weighted by atomic mass is 19.4. The van der Waals surface area contributed by atoms with Gasteiger partial charge in [0.25, 0.3) is 0 Å². The van der Waals surface area contributed by atoms with Gasteiger partial charge in [0.05, 0.1) is 6.42 Å². The molecule has 2 nitrogen and oxygen atoms in total. The lowest BCUT2D eigenvalue weighted by molar-refractivity contribution is -0.358. The molecule has 0 aromatic carbocycles. The zero-order valence-corrected chi connectivity index (χ0v) is 12.2. The number of carbonyl (C=O) groups is 1. The summed E-state index contributed by atoms with van der Waals surface area (Å²) in [5.74, 6) is -13.1. The van der Waals surface area contributed by atoms with Gasteiger partial charge < -0.3 is 4.74 Å². The van der Waals surface area contributed by atoms with Crippen molar-refractivity contribution in [3.05, 3.63) is 12.2 Å². The van der Waals surface area contributed by atoms with Crippen LogP contribution < -0.4 is 0 Å². The number of carbonyl (C=O) groups excluding carboxylic acids is 1. The molecule has 1 atom stereocenters. The highest BCUT2D eigenvalue weighted by molar-refractivity contribution is 5.87. The number of hydrogen-bond donors (Lipinski definition) is 0. The van der Waals surface area contributed by atoms with E-state index in [1.165, 1.54) is 20.8 Å². The van der Waals surface area contributed by atoms with Crippen molar-refractivity contribution >= 4 is 5.97 Å². The van der Waals surface area contributed by atoms with Crippen LogP contribution in [0.25, 0.3) is 0 Å². The molecule has 0 saturated heterocycles. The van der Waals surface area contributed by atoms with E-state index >= 15 is 0 Å². The zero-order valence-electron chi connectivity index (χ0n) is 12.2. The van der Waals surface area contributed by atoms with E-state index in [9.17, 15) is 35.5 Å². The molecule has 0 aliphatic rings. The number of hydrogen-bond acceptors (Lipinski definition) is 2. The molecule has 0 aliphatic heterocycles. The van der Waals surface area contributed by atoms with E-state index in [4.69, 9.17) is 0 Å². The van der Waals surface area contributed by atoms with Gasteiger partial charge in [0, 0.05) is 5.57 Å². The summed E-state index contributed by atoms with van der Waals surface area (Å²) < 4.78 is 93.3. The van der Waals surface area contributed by atoms with Gasteiger partial charge in [-0.1, -0.05) is 20.4 Å². The van der Waals surface area contributed by atoms with Crippen molar-refractivity contribution in [1.29, 1.82) is 0 Å². The van der Waals surface area contributed by atoms with Crippen molar-refractivity contribution in [2.45, 2.75) is 57.7 Å². The van der Waals surface area contributed by atoms with Gasteiger partial charge >= 0.3 is 24.0 Å². The third kappa shape index (κ3) is 5.17. The lowest BCUT2D eigenvalue weighted by Gasteiger charge is -2.31. The first-order chi connectivity index (χ1) is 9.61. The SMILES string of the molecule is C=C(C)C(=O)OC(CC(C)C)CC(F)(F)C(F)(F)C(F)(F)F. The fourth-order valence-corrected chi connectivity index (χ4v) is 1.57. The Balaban J connectivity index is 5.28. The number of rotatable bonds is 7. The smallest absolute Gasteiger partial charge is 0.459 e. The minimum atomic E-state index is -6.41. The highest BCUT2D eigenvalue weighted by Crippen LogP contribution is 2.49. The van der Waals surface area contributed by atoms with Crippen LogP contribution in [0.1, 0.15) is 33.6 Å². The van der Waals surface area contributed by atoms with Gasteiger partial charge in [0.15, 0.2) is 0 Å². The molecule has 0 radical (unpaired) electrons. The van der Waals surface area contributed by atoms with Gasteiger partial charge in [-0.25, -0.2) is 4.79 Å². The Morgan fingerprint density at radius 3 is 1.86 bits per heavy atom. The second kappa shape index (κ2) is 6.87. The predicted octanol–water partition coefficient (Wildman–Crippen LogP) is 4.74. The van der Waals surface area contributed by atoms with E-state index in [1.54, 1.807) is 0 Å². The van der Waals surface area contributed by atoms with E-state index in [1.807, 2.05) is 0 Å². The third-order valence-corrected chi connectivity index (χ3v) is 2.66. The molecule has 0 saturated carbocycles. The van der Waals surface area contributed by atoms with E-state index in [0.717, 1.165) is 0 Å². The Bertz CT molecular complexity index is 413. The van der Waals surface area contributed by atoms with Crippen LogP contribution >= 0.6 is 0 Å². The third-order valence-electron chi connectivity index (χ3n) is 2.66. The summed E-state index contributed by atoms with van der Waals surface area (Å²) in [4.78, 5) is 11.3. The monoisotopic (exact) mass is 338 g/mol. The molecule has 130 valence electrons. The molecule has 0 N–H and O–H groups in total. The molecule has 0 aliphatic carbocycles. The van der Waals surface area contributed by atoms with Crippen molar-refractivity contribution in [2.75, 3.05) is 0 Å². The van der Waals surface area contributed by atoms with E-state index in [2.05, 4.69) is 11.3 Å². The maximum Gasteiger partial charge on any atom is 0.459 e. The van der Waals surface area contributed by atoms with Crippen molar-refractivity contribution in [3.8, 4) is 0 Å². The minimum absolute atomic E-state index is 0.181. The van der Waals surface area contributed by atoms with Gasteiger partial charge in [0.2, 0.25) is 0 Å². The van der Waals surface area contributed by atoms with Crippen LogP contribution in [0.2, 0.25) is 0 Å². The molecule has 0 bridgehead atoms. The Kier molecular flexibility index (Phi) is 6.47. The zero-order chi connectivity index (χ0) is 17.9. The van der Waals surface area contributed by atoms with Gasteiger partial charge in [-0.2, -0.15) is 30.7 Å². The second-order valence-corrected chi connectivity index (χ2v) is 5.42. The van der Waals surface area contributed by atoms with Gasteiger partial charge in [-0.15, -0.1) is 0 Å².